The lowest BCUT2D eigenvalue weighted by molar-refractivity contribution is 0.190. The van der Waals surface area contributed by atoms with Crippen molar-refractivity contribution in [1.29, 1.82) is 0 Å². The van der Waals surface area contributed by atoms with Crippen LogP contribution < -0.4 is 10.6 Å². The Labute approximate surface area is 157 Å². The number of benzene rings is 2. The predicted octanol–water partition coefficient (Wildman–Crippen LogP) is 4.54. The lowest BCUT2D eigenvalue weighted by Crippen LogP contribution is -2.45. The van der Waals surface area contributed by atoms with Gasteiger partial charge in [-0.1, -0.05) is 36.4 Å². The van der Waals surface area contributed by atoms with Gasteiger partial charge in [-0.15, -0.1) is 0 Å². The third-order valence-electron chi connectivity index (χ3n) is 4.54. The first-order valence-electron chi connectivity index (χ1n) is 8.70. The van der Waals surface area contributed by atoms with Gasteiger partial charge >= 0.3 is 6.03 Å². The summed E-state index contributed by atoms with van der Waals surface area (Å²) in [4.78, 5) is 14.7. The molecule has 0 atom stereocenters. The van der Waals surface area contributed by atoms with Crippen molar-refractivity contribution >= 4 is 27.6 Å². The second-order valence-corrected chi connectivity index (χ2v) is 7.47. The van der Waals surface area contributed by atoms with Gasteiger partial charge in [0.1, 0.15) is 0 Å². The Kier molecular flexibility index (Phi) is 6.10. The molecule has 1 aliphatic rings. The van der Waals surface area contributed by atoms with E-state index < -0.39 is 0 Å². The van der Waals surface area contributed by atoms with E-state index in [1.807, 2.05) is 31.2 Å². The van der Waals surface area contributed by atoms with E-state index in [1.165, 1.54) is 5.56 Å². The number of hydrogen-bond acceptors (Lipinski definition) is 2. The molecule has 1 heterocycles. The van der Waals surface area contributed by atoms with Gasteiger partial charge in [0.05, 0.1) is 5.69 Å². The molecular weight excluding hydrogens is 378 g/mol. The summed E-state index contributed by atoms with van der Waals surface area (Å²) < 4.78 is 0.903. The first-order chi connectivity index (χ1) is 12.1. The van der Waals surface area contributed by atoms with Crippen LogP contribution in [0.25, 0.3) is 0 Å². The van der Waals surface area contributed by atoms with Gasteiger partial charge in [0, 0.05) is 30.1 Å². The summed E-state index contributed by atoms with van der Waals surface area (Å²) >= 11 is 3.49. The minimum Gasteiger partial charge on any atom is -0.335 e. The number of rotatable bonds is 4. The molecule has 4 nitrogen and oxygen atoms in total. The highest BCUT2D eigenvalue weighted by Gasteiger charge is 2.20. The Morgan fingerprint density at radius 2 is 1.88 bits per heavy atom. The highest BCUT2D eigenvalue weighted by atomic mass is 79.9. The molecule has 1 aliphatic heterocycles. The lowest BCUT2D eigenvalue weighted by atomic mass is 10.0. The fraction of sp³-hybridized carbons (Fsp3) is 0.350. The quantitative estimate of drug-likeness (QED) is 0.789. The maximum Gasteiger partial charge on any atom is 0.319 e. The van der Waals surface area contributed by atoms with Crippen molar-refractivity contribution in [2.45, 2.75) is 32.4 Å². The fourth-order valence-corrected chi connectivity index (χ4v) is 3.73. The van der Waals surface area contributed by atoms with Crippen LogP contribution in [0.5, 0.6) is 0 Å². The van der Waals surface area contributed by atoms with Crippen LogP contribution in [0.2, 0.25) is 0 Å². The number of hydrogen-bond donors (Lipinski definition) is 2. The number of carbonyl (C=O) groups is 1. The standard InChI is InChI=1S/C20H24BrN3O/c1-15-7-8-19(18(21)13-15)23-20(25)22-17-9-11-24(12-10-17)14-16-5-3-2-4-6-16/h2-8,13,17H,9-12,14H2,1H3,(H2,22,23,25). The Hall–Kier alpha value is -1.85. The van der Waals surface area contributed by atoms with E-state index in [-0.39, 0.29) is 12.1 Å². The maximum absolute atomic E-state index is 12.2. The molecular formula is C20H24BrN3O. The van der Waals surface area contributed by atoms with Gasteiger partial charge in [0.15, 0.2) is 0 Å². The first-order valence-corrected chi connectivity index (χ1v) is 9.49. The number of piperidine rings is 1. The fourth-order valence-electron chi connectivity index (χ4n) is 3.14. The number of carbonyl (C=O) groups excluding carboxylic acids is 1. The zero-order valence-corrected chi connectivity index (χ0v) is 16.1. The summed E-state index contributed by atoms with van der Waals surface area (Å²) in [6.45, 7) is 5.02. The van der Waals surface area contributed by atoms with E-state index in [9.17, 15) is 4.79 Å². The van der Waals surface area contributed by atoms with E-state index in [0.717, 1.165) is 48.2 Å². The SMILES string of the molecule is Cc1ccc(NC(=O)NC2CCN(Cc3ccccc3)CC2)c(Br)c1. The van der Waals surface area contributed by atoms with Crippen LogP contribution in [0.3, 0.4) is 0 Å². The average molecular weight is 402 g/mol. The molecule has 1 saturated heterocycles. The molecule has 2 N–H and O–H groups in total. The summed E-state index contributed by atoms with van der Waals surface area (Å²) in [6.07, 6.45) is 1.96. The highest BCUT2D eigenvalue weighted by Crippen LogP contribution is 2.23. The van der Waals surface area contributed by atoms with Crippen LogP contribution in [0.1, 0.15) is 24.0 Å². The number of nitrogens with one attached hydrogen (secondary N) is 2. The van der Waals surface area contributed by atoms with Gasteiger partial charge in [-0.05, 0) is 59.0 Å². The van der Waals surface area contributed by atoms with Crippen LogP contribution >= 0.6 is 15.9 Å². The minimum absolute atomic E-state index is 0.133. The molecule has 25 heavy (non-hydrogen) atoms. The number of likely N-dealkylation sites (tertiary alicyclic amines) is 1. The third-order valence-corrected chi connectivity index (χ3v) is 5.20. The Morgan fingerprint density at radius 3 is 2.56 bits per heavy atom. The molecule has 0 bridgehead atoms. The summed E-state index contributed by atoms with van der Waals surface area (Å²) in [5, 5.41) is 6.02. The van der Waals surface area contributed by atoms with Crippen LogP contribution in [0.4, 0.5) is 10.5 Å². The monoisotopic (exact) mass is 401 g/mol. The second-order valence-electron chi connectivity index (χ2n) is 6.62. The zero-order chi connectivity index (χ0) is 17.6. The van der Waals surface area contributed by atoms with Crippen molar-refractivity contribution < 1.29 is 4.79 Å². The minimum atomic E-state index is -0.133. The summed E-state index contributed by atoms with van der Waals surface area (Å²) in [6, 6.07) is 16.5. The van der Waals surface area contributed by atoms with E-state index in [2.05, 4.69) is 55.7 Å². The number of nitrogens with zero attached hydrogens (tertiary/aromatic N) is 1. The molecule has 5 heteroatoms. The van der Waals surface area contributed by atoms with E-state index in [1.54, 1.807) is 0 Å². The van der Waals surface area contributed by atoms with Gasteiger partial charge < -0.3 is 10.6 Å². The number of amides is 2. The van der Waals surface area contributed by atoms with Crippen LogP contribution in [-0.4, -0.2) is 30.1 Å². The molecule has 0 spiro atoms. The van der Waals surface area contributed by atoms with Crippen molar-refractivity contribution in [1.82, 2.24) is 10.2 Å². The van der Waals surface area contributed by atoms with Gasteiger partial charge in [-0.3, -0.25) is 4.90 Å². The summed E-state index contributed by atoms with van der Waals surface area (Å²) in [5.41, 5.74) is 3.30. The first kappa shape index (κ1) is 18.0. The van der Waals surface area contributed by atoms with Gasteiger partial charge in [-0.2, -0.15) is 0 Å². The van der Waals surface area contributed by atoms with Gasteiger partial charge in [-0.25, -0.2) is 4.79 Å². The number of anilines is 1. The molecule has 132 valence electrons. The van der Waals surface area contributed by atoms with Crippen LogP contribution in [0, 0.1) is 6.92 Å². The molecule has 1 fully saturated rings. The molecule has 0 aliphatic carbocycles. The summed E-state index contributed by atoms with van der Waals surface area (Å²) in [7, 11) is 0. The zero-order valence-electron chi connectivity index (χ0n) is 14.5. The highest BCUT2D eigenvalue weighted by molar-refractivity contribution is 9.10. The number of urea groups is 1. The van der Waals surface area contributed by atoms with Crippen molar-refractivity contribution in [3.63, 3.8) is 0 Å². The average Bonchev–Trinajstić information content (AvgIpc) is 2.60. The molecule has 2 amide bonds. The van der Waals surface area contributed by atoms with Gasteiger partial charge in [0.25, 0.3) is 0 Å². The van der Waals surface area contributed by atoms with E-state index in [0.29, 0.717) is 0 Å². The summed E-state index contributed by atoms with van der Waals surface area (Å²) in [5.74, 6) is 0. The number of halogens is 1. The molecule has 0 aromatic heterocycles. The third kappa shape index (κ3) is 5.31. The van der Waals surface area contributed by atoms with Crippen LogP contribution in [-0.2, 0) is 6.54 Å². The topological polar surface area (TPSA) is 44.4 Å². The molecule has 2 aromatic carbocycles. The van der Waals surface area contributed by atoms with Crippen molar-refractivity contribution in [3.8, 4) is 0 Å². The van der Waals surface area contributed by atoms with E-state index in [4.69, 9.17) is 0 Å². The van der Waals surface area contributed by atoms with E-state index >= 15 is 0 Å². The normalized spacial score (nSPS) is 15.8. The Bertz CT molecular complexity index is 712. The smallest absolute Gasteiger partial charge is 0.319 e. The molecule has 3 rings (SSSR count). The Morgan fingerprint density at radius 1 is 1.16 bits per heavy atom. The molecule has 0 saturated carbocycles. The Balaban J connectivity index is 1.44. The molecule has 0 radical (unpaired) electrons. The largest absolute Gasteiger partial charge is 0.335 e. The van der Waals surface area contributed by atoms with Crippen molar-refractivity contribution in [2.75, 3.05) is 18.4 Å². The molecule has 0 unspecified atom stereocenters. The van der Waals surface area contributed by atoms with Crippen molar-refractivity contribution in [2.24, 2.45) is 0 Å². The lowest BCUT2D eigenvalue weighted by Gasteiger charge is -2.32. The molecule has 2 aromatic rings. The van der Waals surface area contributed by atoms with Crippen molar-refractivity contribution in [3.05, 3.63) is 64.1 Å². The maximum atomic E-state index is 12.2. The van der Waals surface area contributed by atoms with Gasteiger partial charge in [0.2, 0.25) is 0 Å². The van der Waals surface area contributed by atoms with Crippen LogP contribution in [0.15, 0.2) is 53.0 Å². The number of aryl methyl sites for hydroxylation is 1. The predicted molar refractivity (Wildman–Crippen MR) is 106 cm³/mol. The second kappa shape index (κ2) is 8.50.